The predicted molar refractivity (Wildman–Crippen MR) is 246 cm³/mol. The maximum absolute atomic E-state index is 12.9. The van der Waals surface area contributed by atoms with Gasteiger partial charge in [0.25, 0.3) is 23.6 Å². The van der Waals surface area contributed by atoms with Crippen LogP contribution in [0.25, 0.3) is 0 Å². The summed E-state index contributed by atoms with van der Waals surface area (Å²) < 4.78 is 2.94. The second-order valence-electron chi connectivity index (χ2n) is 13.4. The molecule has 0 spiro atoms. The Kier molecular flexibility index (Phi) is 16.3. The molecule has 35 heteroatoms. The van der Waals surface area contributed by atoms with Crippen LogP contribution >= 0.6 is 82.1 Å². The Morgan fingerprint density at radius 3 is 1.43 bits per heavy atom. The number of nitrogens with zero attached hydrogens (tertiary/aromatic N) is 14. The lowest BCUT2D eigenvalue weighted by atomic mass is 10.0. The zero-order valence-electron chi connectivity index (χ0n) is 34.7. The molecule has 67 heavy (non-hydrogen) atoms. The van der Waals surface area contributed by atoms with Crippen molar-refractivity contribution in [2.24, 2.45) is 24.4 Å². The van der Waals surface area contributed by atoms with Crippen LogP contribution in [0.4, 0.5) is 10.3 Å². The molecular weight excluding hydrogens is 1020 g/mol. The zero-order chi connectivity index (χ0) is 47.4. The molecule has 4 aliphatic rings. The zero-order valence-corrected chi connectivity index (χ0v) is 40.4. The molecule has 8 rings (SSSR count). The van der Waals surface area contributed by atoms with Gasteiger partial charge in [0.15, 0.2) is 21.7 Å². The van der Waals surface area contributed by atoms with Crippen molar-refractivity contribution in [1.82, 2.24) is 70.8 Å². The van der Waals surface area contributed by atoms with Gasteiger partial charge in [0.2, 0.25) is 10.3 Å². The Morgan fingerprint density at radius 2 is 1.13 bits per heavy atom. The summed E-state index contributed by atoms with van der Waals surface area (Å²) in [5.41, 5.74) is 12.3. The van der Waals surface area contributed by atoms with E-state index in [2.05, 4.69) is 62.0 Å². The van der Waals surface area contributed by atoms with E-state index in [-0.39, 0.29) is 56.9 Å². The summed E-state index contributed by atoms with van der Waals surface area (Å²) in [4.78, 5) is 95.1. The van der Waals surface area contributed by atoms with E-state index in [4.69, 9.17) is 21.1 Å². The van der Waals surface area contributed by atoms with Gasteiger partial charge in [0.1, 0.15) is 59.8 Å². The van der Waals surface area contributed by atoms with E-state index in [0.717, 1.165) is 22.7 Å². The van der Waals surface area contributed by atoms with Crippen LogP contribution in [0.3, 0.4) is 0 Å². The van der Waals surface area contributed by atoms with Gasteiger partial charge in [-0.3, -0.25) is 29.0 Å². The molecule has 356 valence electrons. The highest BCUT2D eigenvalue weighted by Crippen LogP contribution is 2.43. The van der Waals surface area contributed by atoms with Crippen LogP contribution in [0.2, 0.25) is 0 Å². The predicted octanol–water partition coefficient (Wildman–Crippen LogP) is -1.32. The van der Waals surface area contributed by atoms with Crippen LogP contribution in [-0.2, 0) is 52.5 Å². The lowest BCUT2D eigenvalue weighted by Crippen LogP contribution is -2.71. The standard InChI is InChI=1S/2C16H17N9O5S3.ClH/c2*1-24-16(20-22-23-24)33-4-6-3-31-13-9(12(27)25(13)10(6)14(28)29)19-11(26)8(21-30-2)7-5-32-15(17)18-7;/h2*5,9,13H,3-4H2,1-2H3,(H2,17,18)(H,19,26)(H,28,29);1H/b2*21-8-;/t2*9-,13-;/m11./s1. The van der Waals surface area contributed by atoms with E-state index in [1.54, 1.807) is 24.9 Å². The first-order chi connectivity index (χ1) is 31.6. The number of nitrogen functional groups attached to an aromatic ring is 2. The second-order valence-corrected chi connectivity index (χ2v) is 19.2. The van der Waals surface area contributed by atoms with Crippen molar-refractivity contribution in [3.05, 3.63) is 44.7 Å². The van der Waals surface area contributed by atoms with Crippen LogP contribution < -0.4 is 22.1 Å². The summed E-state index contributed by atoms with van der Waals surface area (Å²) in [6.07, 6.45) is 0. The molecule has 4 amide bonds. The molecule has 0 aromatic carbocycles. The Balaban J connectivity index is 0.000000218. The maximum Gasteiger partial charge on any atom is 0.352 e. The van der Waals surface area contributed by atoms with Crippen molar-refractivity contribution >= 4 is 139 Å². The number of carboxylic acid groups (broad SMARTS) is 2. The van der Waals surface area contributed by atoms with Crippen molar-refractivity contribution < 1.29 is 48.7 Å². The van der Waals surface area contributed by atoms with Gasteiger partial charge in [-0.15, -0.1) is 68.8 Å². The van der Waals surface area contributed by atoms with Gasteiger partial charge in [0, 0.05) is 47.9 Å². The molecule has 28 nitrogen and oxygen atoms in total. The molecule has 4 aromatic heterocycles. The van der Waals surface area contributed by atoms with Crippen molar-refractivity contribution in [2.45, 2.75) is 33.1 Å². The third kappa shape index (κ3) is 10.6. The van der Waals surface area contributed by atoms with Crippen LogP contribution in [0.1, 0.15) is 11.4 Å². The Bertz CT molecular complexity index is 2540. The number of fused-ring (bicyclic) bond motifs is 2. The largest absolute Gasteiger partial charge is 0.477 e. The number of rotatable bonds is 16. The average molecular weight is 1060 g/mol. The van der Waals surface area contributed by atoms with E-state index >= 15 is 0 Å². The number of carbonyl (C=O) groups is 6. The van der Waals surface area contributed by atoms with E-state index in [1.165, 1.54) is 80.4 Å². The number of tetrazole rings is 2. The number of hydrogen-bond donors (Lipinski definition) is 6. The number of nitrogens with one attached hydrogen (secondary N) is 2. The molecule has 0 radical (unpaired) electrons. The molecule has 0 unspecified atom stereocenters. The molecule has 0 saturated carbocycles. The number of carboxylic acids is 2. The van der Waals surface area contributed by atoms with Crippen LogP contribution in [0, 0.1) is 0 Å². The number of aryl methyl sites for hydroxylation is 2. The molecule has 4 aromatic rings. The van der Waals surface area contributed by atoms with Crippen LogP contribution in [0.5, 0.6) is 0 Å². The third-order valence-electron chi connectivity index (χ3n) is 9.31. The summed E-state index contributed by atoms with van der Waals surface area (Å²) >= 11 is 7.50. The summed E-state index contributed by atoms with van der Waals surface area (Å²) in [5.74, 6) is -3.54. The normalized spacial score (nSPS) is 20.1. The Hall–Kier alpha value is -6.07. The number of β-lactam (4-membered cyclic amide) rings is 2. The van der Waals surface area contributed by atoms with Crippen molar-refractivity contribution in [1.29, 1.82) is 0 Å². The first kappa shape index (κ1) is 50.3. The van der Waals surface area contributed by atoms with Crippen molar-refractivity contribution in [2.75, 3.05) is 48.7 Å². The van der Waals surface area contributed by atoms with Gasteiger partial charge >= 0.3 is 11.9 Å². The number of oxime groups is 2. The van der Waals surface area contributed by atoms with Crippen molar-refractivity contribution in [3.8, 4) is 0 Å². The number of halogens is 1. The van der Waals surface area contributed by atoms with Gasteiger partial charge in [-0.25, -0.2) is 28.9 Å². The number of amides is 4. The molecular formula is C32H35ClN18O10S6. The highest BCUT2D eigenvalue weighted by Gasteiger charge is 2.56. The van der Waals surface area contributed by atoms with Crippen LogP contribution in [-0.4, -0.2) is 177 Å². The molecule has 0 bridgehead atoms. The molecule has 8 heterocycles. The molecule has 0 aliphatic carbocycles. The minimum atomic E-state index is -1.22. The molecule has 4 atom stereocenters. The maximum atomic E-state index is 12.9. The first-order valence-corrected chi connectivity index (χ1v) is 24.2. The second kappa shape index (κ2) is 21.7. The lowest BCUT2D eigenvalue weighted by molar-refractivity contribution is -0.150. The van der Waals surface area contributed by atoms with E-state index in [0.29, 0.717) is 44.5 Å². The summed E-state index contributed by atoms with van der Waals surface area (Å²) in [7, 11) is 5.90. The monoisotopic (exact) mass is 1060 g/mol. The summed E-state index contributed by atoms with van der Waals surface area (Å²) in [6.45, 7) is 0. The molecule has 2 saturated heterocycles. The van der Waals surface area contributed by atoms with E-state index in [1.807, 2.05) is 0 Å². The summed E-state index contributed by atoms with van der Waals surface area (Å²) in [5, 5.41) is 57.9. The minimum absolute atomic E-state index is 0. The van der Waals surface area contributed by atoms with Gasteiger partial charge in [-0.05, 0) is 32.0 Å². The number of hydrogen-bond acceptors (Lipinski definition) is 26. The smallest absolute Gasteiger partial charge is 0.352 e. The number of aliphatic carboxylic acids is 2. The SMILES string of the molecule is CO/N=C(\C(=O)N[C@@H]1C(=O)N2C(C(=O)O)=C(CSc3nnnn3C)CS[C@H]12)c1csc(N)n1.CO/N=C(\C(=O)N[C@@H]1C(=O)N2C(C(=O)O)=C(CSc3nnnn3C)CS[C@H]12)c1csc(N)n1.Cl. The highest BCUT2D eigenvalue weighted by atomic mass is 35.5. The van der Waals surface area contributed by atoms with Gasteiger partial charge in [-0.2, -0.15) is 0 Å². The van der Waals surface area contributed by atoms with Gasteiger partial charge in [0.05, 0.1) is 0 Å². The quantitative estimate of drug-likeness (QED) is 0.0328. The highest BCUT2D eigenvalue weighted by molar-refractivity contribution is 8.01. The fourth-order valence-corrected chi connectivity index (χ4v) is 12.1. The van der Waals surface area contributed by atoms with Gasteiger partial charge < -0.3 is 42.0 Å². The number of anilines is 2. The number of thiazole rings is 2. The fraction of sp³-hybridized carbons (Fsp3) is 0.375. The Labute approximate surface area is 407 Å². The third-order valence-corrected chi connectivity index (χ3v) is 15.5. The number of aromatic nitrogens is 10. The van der Waals surface area contributed by atoms with E-state index < -0.39 is 58.4 Å². The molecule has 2 fully saturated rings. The number of nitrogens with two attached hydrogens (primary N) is 2. The van der Waals surface area contributed by atoms with E-state index in [9.17, 15) is 39.0 Å². The van der Waals surface area contributed by atoms with Crippen molar-refractivity contribution in [3.63, 3.8) is 0 Å². The number of carbonyl (C=O) groups excluding carboxylic acids is 4. The first-order valence-electron chi connectivity index (χ1n) is 18.4. The lowest BCUT2D eigenvalue weighted by Gasteiger charge is -2.49. The number of thioether (sulfide) groups is 4. The molecule has 8 N–H and O–H groups in total. The van der Waals surface area contributed by atoms with Crippen LogP contribution in [0.15, 0.2) is 53.9 Å². The fourth-order valence-electron chi connectivity index (χ4n) is 6.38. The average Bonchev–Trinajstić information content (AvgIpc) is 4.12. The minimum Gasteiger partial charge on any atom is -0.477 e. The Morgan fingerprint density at radius 1 is 0.746 bits per heavy atom. The van der Waals surface area contributed by atoms with Gasteiger partial charge in [-0.1, -0.05) is 33.8 Å². The summed E-state index contributed by atoms with van der Waals surface area (Å²) in [6, 6.07) is -1.85. The molecule has 4 aliphatic heterocycles. The topological polar surface area (TPSA) is 382 Å².